The maximum atomic E-state index is 12.4. The summed E-state index contributed by atoms with van der Waals surface area (Å²) in [4.78, 5) is 135. The summed E-state index contributed by atoms with van der Waals surface area (Å²) in [6.45, 7) is 20.2. The van der Waals surface area contributed by atoms with Crippen LogP contribution in [-0.4, -0.2) is 63.6 Å². The molecule has 2 saturated carbocycles. The number of hydrogen-bond acceptors (Lipinski definition) is 11. The fourth-order valence-electron chi connectivity index (χ4n) is 6.06. The maximum absolute atomic E-state index is 12.4. The van der Waals surface area contributed by atoms with E-state index < -0.39 is 76.5 Å². The Labute approximate surface area is 279 Å². The highest BCUT2D eigenvalue weighted by atomic mass is 16.2. The lowest BCUT2D eigenvalue weighted by Crippen LogP contribution is -2.43. The zero-order valence-corrected chi connectivity index (χ0v) is 28.3. The lowest BCUT2D eigenvalue weighted by Gasteiger charge is -2.44. The Morgan fingerprint density at radius 2 is 0.812 bits per heavy atom. The van der Waals surface area contributed by atoms with Crippen molar-refractivity contribution in [2.45, 2.75) is 80.1 Å². The quantitative estimate of drug-likeness (QED) is 0.102. The van der Waals surface area contributed by atoms with Crippen LogP contribution in [0, 0.1) is 34.5 Å². The third kappa shape index (κ3) is 8.81. The molecule has 11 heteroatoms. The predicted octanol–water partition coefficient (Wildman–Crippen LogP) is 3.40. The number of carbonyl (C=O) groups excluding carboxylic acids is 11. The molecule has 0 aromatic carbocycles. The topological polar surface area (TPSA) is 188 Å². The standard InChI is InChI=1S/C37H42O11/c1-19-9-11-21(3)36(5,6)25(19)15-13-23(38)17-27(40)29(42)31(44)33(46)35(48)34(47)32(45)30(43)28(41)18-24(39)14-16-26-20(2)10-12-22(4)37(26,7)8/h13-16,21-22,25-26H,1-2,9-12,17-18H2,3-8H3/b15-13+,16-14+/t21-,22-,25+,26+/m0/s1. The second-order valence-corrected chi connectivity index (χ2v) is 13.9. The van der Waals surface area contributed by atoms with Gasteiger partial charge in [0.15, 0.2) is 11.6 Å². The molecule has 0 aliphatic heterocycles. The molecule has 2 fully saturated rings. The van der Waals surface area contributed by atoms with Crippen LogP contribution in [0.4, 0.5) is 0 Å². The summed E-state index contributed by atoms with van der Waals surface area (Å²) in [5.41, 5.74) is 1.26. The highest BCUT2D eigenvalue weighted by Crippen LogP contribution is 2.48. The Morgan fingerprint density at radius 1 is 0.542 bits per heavy atom. The molecule has 0 amide bonds. The predicted molar refractivity (Wildman–Crippen MR) is 172 cm³/mol. The average molecular weight is 663 g/mol. The average Bonchev–Trinajstić information content (AvgIpc) is 3.01. The molecule has 0 bridgehead atoms. The lowest BCUT2D eigenvalue weighted by atomic mass is 9.61. The Kier molecular flexibility index (Phi) is 12.7. The number of allylic oxidation sites excluding steroid dienone is 6. The first-order valence-corrected chi connectivity index (χ1v) is 15.7. The van der Waals surface area contributed by atoms with Gasteiger partial charge in [0.25, 0.3) is 40.5 Å². The normalized spacial score (nSPS) is 23.4. The monoisotopic (exact) mass is 662 g/mol. The maximum Gasteiger partial charge on any atom is 0.281 e. The molecule has 48 heavy (non-hydrogen) atoms. The van der Waals surface area contributed by atoms with Gasteiger partial charge in [-0.3, -0.25) is 52.7 Å². The summed E-state index contributed by atoms with van der Waals surface area (Å²) >= 11 is 0. The molecular formula is C37H42O11. The second-order valence-electron chi connectivity index (χ2n) is 13.9. The van der Waals surface area contributed by atoms with Crippen LogP contribution in [0.2, 0.25) is 0 Å². The van der Waals surface area contributed by atoms with E-state index in [-0.39, 0.29) is 22.7 Å². The van der Waals surface area contributed by atoms with Gasteiger partial charge in [0.05, 0.1) is 12.8 Å². The van der Waals surface area contributed by atoms with E-state index in [2.05, 4.69) is 27.0 Å². The molecule has 0 heterocycles. The van der Waals surface area contributed by atoms with Crippen LogP contribution in [0.1, 0.15) is 80.1 Å². The molecule has 0 saturated heterocycles. The van der Waals surface area contributed by atoms with Crippen LogP contribution in [0.3, 0.4) is 0 Å². The van der Waals surface area contributed by atoms with Gasteiger partial charge in [-0.1, -0.05) is 78.0 Å². The van der Waals surface area contributed by atoms with Crippen molar-refractivity contribution in [2.75, 3.05) is 0 Å². The molecule has 0 aromatic heterocycles. The zero-order valence-electron chi connectivity index (χ0n) is 28.3. The van der Waals surface area contributed by atoms with E-state index in [1.165, 1.54) is 0 Å². The molecule has 0 N–H and O–H groups in total. The van der Waals surface area contributed by atoms with Gasteiger partial charge in [-0.15, -0.1) is 0 Å². The largest absolute Gasteiger partial charge is 0.294 e. The van der Waals surface area contributed by atoms with Crippen molar-refractivity contribution in [2.24, 2.45) is 34.5 Å². The smallest absolute Gasteiger partial charge is 0.281 e. The van der Waals surface area contributed by atoms with Crippen molar-refractivity contribution < 1.29 is 52.7 Å². The molecule has 4 atom stereocenters. The van der Waals surface area contributed by atoms with Gasteiger partial charge in [0.2, 0.25) is 11.6 Å². The van der Waals surface area contributed by atoms with Gasteiger partial charge in [-0.25, -0.2) is 0 Å². The SMILES string of the molecule is C=C1CC[C@H](C)C(C)(C)[C@@H]1/C=C/C(=O)CC(=O)C(=O)C(=O)C(=O)C(=O)C(=O)C(=O)C(=O)C(=O)CC(=O)/C=C/[C@@H]1C(=C)CC[C@H](C)C1(C)C. The highest BCUT2D eigenvalue weighted by molar-refractivity contribution is 7.00. The molecule has 256 valence electrons. The van der Waals surface area contributed by atoms with Crippen LogP contribution < -0.4 is 0 Å². The molecule has 0 unspecified atom stereocenters. The first-order valence-electron chi connectivity index (χ1n) is 15.7. The molecule has 2 rings (SSSR count). The van der Waals surface area contributed by atoms with Crippen molar-refractivity contribution in [3.63, 3.8) is 0 Å². The molecule has 0 radical (unpaired) electrons. The van der Waals surface area contributed by atoms with E-state index in [0.717, 1.165) is 49.0 Å². The lowest BCUT2D eigenvalue weighted by molar-refractivity contribution is -0.155. The van der Waals surface area contributed by atoms with Crippen LogP contribution in [0.5, 0.6) is 0 Å². The van der Waals surface area contributed by atoms with Crippen LogP contribution >= 0.6 is 0 Å². The summed E-state index contributed by atoms with van der Waals surface area (Å²) in [6, 6.07) is 0. The highest BCUT2D eigenvalue weighted by Gasteiger charge is 2.43. The van der Waals surface area contributed by atoms with E-state index in [0.29, 0.717) is 11.8 Å². The molecule has 2 aliphatic rings. The second kappa shape index (κ2) is 15.5. The summed E-state index contributed by atoms with van der Waals surface area (Å²) in [6.07, 6.45) is 6.30. The van der Waals surface area contributed by atoms with Crippen molar-refractivity contribution in [1.29, 1.82) is 0 Å². The Hall–Kier alpha value is -4.67. The number of rotatable bonds is 16. The number of Topliss-reactive ketones (excluding diaryl/α,β-unsaturated/α-hetero) is 9. The molecule has 0 spiro atoms. The third-order valence-electron chi connectivity index (χ3n) is 10.2. The van der Waals surface area contributed by atoms with Gasteiger partial charge in [0, 0.05) is 11.8 Å². The Bertz CT molecular complexity index is 1480. The first-order chi connectivity index (χ1) is 22.0. The fraction of sp³-hybridized carbons (Fsp3) is 0.486. The molecule has 2 aliphatic carbocycles. The van der Waals surface area contributed by atoms with Crippen molar-refractivity contribution in [1.82, 2.24) is 0 Å². The number of carbonyl (C=O) groups is 11. The minimum Gasteiger partial charge on any atom is -0.294 e. The van der Waals surface area contributed by atoms with Gasteiger partial charge >= 0.3 is 0 Å². The van der Waals surface area contributed by atoms with Crippen molar-refractivity contribution in [3.8, 4) is 0 Å². The van der Waals surface area contributed by atoms with Gasteiger partial charge in [-0.2, -0.15) is 0 Å². The summed E-state index contributed by atoms with van der Waals surface area (Å²) in [5, 5.41) is 0. The minimum atomic E-state index is -2.43. The van der Waals surface area contributed by atoms with E-state index in [4.69, 9.17) is 0 Å². The van der Waals surface area contributed by atoms with E-state index in [9.17, 15) is 52.7 Å². The zero-order chi connectivity index (χ0) is 36.9. The molecule has 0 aromatic rings. The first kappa shape index (κ1) is 39.5. The third-order valence-corrected chi connectivity index (χ3v) is 10.2. The summed E-state index contributed by atoms with van der Waals surface area (Å²) in [7, 11) is 0. The van der Waals surface area contributed by atoms with Crippen molar-refractivity contribution in [3.05, 3.63) is 48.6 Å². The van der Waals surface area contributed by atoms with Gasteiger partial charge < -0.3 is 0 Å². The summed E-state index contributed by atoms with van der Waals surface area (Å²) < 4.78 is 0. The Balaban J connectivity index is 1.98. The van der Waals surface area contributed by atoms with Crippen molar-refractivity contribution >= 4 is 63.6 Å². The minimum absolute atomic E-state index is 0.206. The Morgan fingerprint density at radius 3 is 1.10 bits per heavy atom. The van der Waals surface area contributed by atoms with Crippen LogP contribution in [-0.2, 0) is 52.7 Å². The van der Waals surface area contributed by atoms with E-state index in [1.807, 2.05) is 27.7 Å². The van der Waals surface area contributed by atoms with E-state index >= 15 is 0 Å². The van der Waals surface area contributed by atoms with Crippen LogP contribution in [0.25, 0.3) is 0 Å². The van der Waals surface area contributed by atoms with Gasteiger partial charge in [-0.05, 0) is 60.5 Å². The number of hydrogen-bond donors (Lipinski definition) is 0. The van der Waals surface area contributed by atoms with Crippen LogP contribution in [0.15, 0.2) is 48.6 Å². The number of ketones is 11. The van der Waals surface area contributed by atoms with E-state index in [1.54, 1.807) is 12.2 Å². The molecular weight excluding hydrogens is 620 g/mol. The molecule has 11 nitrogen and oxygen atoms in total. The summed E-state index contributed by atoms with van der Waals surface area (Å²) in [5.74, 6) is -20.8. The van der Waals surface area contributed by atoms with Gasteiger partial charge in [0.1, 0.15) is 0 Å². The fourth-order valence-corrected chi connectivity index (χ4v) is 6.06.